The minimum absolute atomic E-state index is 0.758. The van der Waals surface area contributed by atoms with Gasteiger partial charge in [-0.25, -0.2) is 0 Å². The first kappa shape index (κ1) is 5.57. The predicted octanol–water partition coefficient (Wildman–Crippen LogP) is 1.93. The molecule has 0 N–H and O–H groups in total. The summed E-state index contributed by atoms with van der Waals surface area (Å²) < 4.78 is 4.99. The molecule has 0 aliphatic heterocycles. The normalized spacial score (nSPS) is 11.0. The highest BCUT2D eigenvalue weighted by Gasteiger charge is 1.85. The zero-order chi connectivity index (χ0) is 5.11. The summed E-state index contributed by atoms with van der Waals surface area (Å²) in [6, 6.07) is 3.88. The Labute approximate surface area is 56.7 Å². The zero-order valence-electron chi connectivity index (χ0n) is 3.52. The van der Waals surface area contributed by atoms with Gasteiger partial charge < -0.3 is 4.42 Å². The summed E-state index contributed by atoms with van der Waals surface area (Å²) in [5.41, 5.74) is 1.07. The van der Waals surface area contributed by atoms with Crippen molar-refractivity contribution < 1.29 is 4.42 Å². The summed E-state index contributed by atoms with van der Waals surface area (Å²) in [5.74, 6) is 0. The van der Waals surface area contributed by atoms with Gasteiger partial charge in [-0.05, 0) is 34.2 Å². The lowest BCUT2D eigenvalue weighted by atomic mass is 10.7. The Kier molecular flexibility index (Phi) is 2.13. The van der Waals surface area contributed by atoms with Gasteiger partial charge in [0, 0.05) is 6.22 Å². The fourth-order valence-electron chi connectivity index (χ4n) is 0.332. The van der Waals surface area contributed by atoms with Crippen LogP contribution in [0.2, 0.25) is 0 Å². The number of hydrogen-bond acceptors (Lipinski definition) is 1. The molecule has 0 saturated carbocycles. The van der Waals surface area contributed by atoms with E-state index in [0.717, 1.165) is 11.7 Å². The minimum atomic E-state index is 0.758. The molecule has 0 aliphatic carbocycles. The van der Waals surface area contributed by atoms with Gasteiger partial charge in [-0.2, -0.15) is 0 Å². The van der Waals surface area contributed by atoms with Crippen molar-refractivity contribution in [1.82, 2.24) is 0 Å². The van der Waals surface area contributed by atoms with Crippen molar-refractivity contribution in [2.45, 2.75) is 0 Å². The van der Waals surface area contributed by atoms with Gasteiger partial charge in [0.15, 0.2) is 0 Å². The van der Waals surface area contributed by atoms with Crippen LogP contribution in [0.4, 0.5) is 0 Å². The molecule has 38 valence electrons. The molecule has 3 heteroatoms. The standard InChI is InChI=1S/C4H4IOP/c5-7-4-2-1-3-6-4/h1-3,7H. The largest absolute Gasteiger partial charge is 0.464 e. The van der Waals surface area contributed by atoms with Crippen LogP contribution in [0.5, 0.6) is 0 Å². The van der Waals surface area contributed by atoms with E-state index in [2.05, 4.69) is 22.0 Å². The van der Waals surface area contributed by atoms with E-state index < -0.39 is 0 Å². The van der Waals surface area contributed by atoms with Crippen LogP contribution < -0.4 is 5.50 Å². The summed E-state index contributed by atoms with van der Waals surface area (Å²) in [7, 11) is 0. The van der Waals surface area contributed by atoms with Crippen molar-refractivity contribution >= 4 is 33.8 Å². The molecule has 0 radical (unpaired) electrons. The van der Waals surface area contributed by atoms with Crippen LogP contribution in [0.25, 0.3) is 0 Å². The Bertz CT molecular complexity index is 126. The number of furan rings is 1. The summed E-state index contributed by atoms with van der Waals surface area (Å²) in [5, 5.41) is 0. The third kappa shape index (κ3) is 1.42. The predicted molar refractivity (Wildman–Crippen MR) is 40.7 cm³/mol. The average Bonchev–Trinajstić information content (AvgIpc) is 2.14. The molecular formula is C4H4IOP. The Hall–Kier alpha value is 0.440. The zero-order valence-corrected chi connectivity index (χ0v) is 6.68. The molecule has 0 saturated heterocycles. The molecule has 0 aromatic carbocycles. The third-order valence-corrected chi connectivity index (χ3v) is 2.68. The molecule has 1 unspecified atom stereocenters. The van der Waals surface area contributed by atoms with Crippen LogP contribution in [0.1, 0.15) is 0 Å². The maximum Gasteiger partial charge on any atom is 0.132 e. The van der Waals surface area contributed by atoms with Crippen molar-refractivity contribution in [3.8, 4) is 0 Å². The molecule has 7 heavy (non-hydrogen) atoms. The van der Waals surface area contributed by atoms with Crippen LogP contribution in [0, 0.1) is 0 Å². The van der Waals surface area contributed by atoms with Crippen molar-refractivity contribution in [3.63, 3.8) is 0 Å². The van der Waals surface area contributed by atoms with E-state index in [9.17, 15) is 0 Å². The van der Waals surface area contributed by atoms with E-state index in [1.165, 1.54) is 0 Å². The van der Waals surface area contributed by atoms with Gasteiger partial charge in [-0.1, -0.05) is 0 Å². The van der Waals surface area contributed by atoms with Crippen LogP contribution in [0.15, 0.2) is 22.8 Å². The lowest BCUT2D eigenvalue weighted by molar-refractivity contribution is 0.604. The maximum absolute atomic E-state index is 4.99. The van der Waals surface area contributed by atoms with Gasteiger partial charge in [0.25, 0.3) is 0 Å². The van der Waals surface area contributed by atoms with Gasteiger partial charge in [0.1, 0.15) is 5.50 Å². The molecule has 0 aliphatic rings. The second-order valence-corrected chi connectivity index (χ2v) is 3.37. The fraction of sp³-hybridized carbons (Fsp3) is 0. The van der Waals surface area contributed by atoms with E-state index in [0.29, 0.717) is 0 Å². The SMILES string of the molecule is IPc1ccco1. The van der Waals surface area contributed by atoms with Gasteiger partial charge in [-0.3, -0.25) is 0 Å². The van der Waals surface area contributed by atoms with Crippen LogP contribution >= 0.6 is 28.3 Å². The molecule has 1 atom stereocenters. The Balaban J connectivity index is 2.76. The molecule has 0 bridgehead atoms. The summed E-state index contributed by atoms with van der Waals surface area (Å²) >= 11 is 2.28. The second kappa shape index (κ2) is 2.68. The quantitative estimate of drug-likeness (QED) is 0.526. The molecule has 1 nitrogen and oxygen atoms in total. The van der Waals surface area contributed by atoms with Crippen LogP contribution in [-0.4, -0.2) is 0 Å². The maximum atomic E-state index is 4.99. The summed E-state index contributed by atoms with van der Waals surface area (Å²) in [6.07, 6.45) is 2.45. The summed E-state index contributed by atoms with van der Waals surface area (Å²) in [4.78, 5) is 0. The Morgan fingerprint density at radius 1 is 1.71 bits per heavy atom. The monoisotopic (exact) mass is 226 g/mol. The van der Waals surface area contributed by atoms with Crippen molar-refractivity contribution in [3.05, 3.63) is 18.4 Å². The first-order valence-corrected chi connectivity index (χ1v) is 5.95. The van der Waals surface area contributed by atoms with E-state index in [-0.39, 0.29) is 0 Å². The highest BCUT2D eigenvalue weighted by Crippen LogP contribution is 2.18. The van der Waals surface area contributed by atoms with Gasteiger partial charge in [0.2, 0.25) is 0 Å². The topological polar surface area (TPSA) is 13.1 Å². The van der Waals surface area contributed by atoms with Crippen LogP contribution in [0.3, 0.4) is 0 Å². The highest BCUT2D eigenvalue weighted by molar-refractivity contribution is 14.2. The smallest absolute Gasteiger partial charge is 0.132 e. The molecule has 1 rings (SSSR count). The molecule has 1 aromatic rings. The van der Waals surface area contributed by atoms with Crippen LogP contribution in [-0.2, 0) is 0 Å². The molecule has 1 heterocycles. The molecule has 0 spiro atoms. The lowest BCUT2D eigenvalue weighted by Gasteiger charge is -1.78. The Morgan fingerprint density at radius 3 is 2.86 bits per heavy atom. The van der Waals surface area contributed by atoms with E-state index >= 15 is 0 Å². The molecule has 0 fully saturated rings. The number of hydrogen-bond donors (Lipinski definition) is 0. The van der Waals surface area contributed by atoms with E-state index in [1.807, 2.05) is 12.1 Å². The van der Waals surface area contributed by atoms with Gasteiger partial charge in [-0.15, -0.1) is 0 Å². The third-order valence-electron chi connectivity index (χ3n) is 0.614. The fourth-order valence-corrected chi connectivity index (χ4v) is 1.52. The van der Waals surface area contributed by atoms with Crippen molar-refractivity contribution in [2.24, 2.45) is 0 Å². The van der Waals surface area contributed by atoms with Crippen molar-refractivity contribution in [2.75, 3.05) is 0 Å². The van der Waals surface area contributed by atoms with E-state index in [1.54, 1.807) is 6.26 Å². The van der Waals surface area contributed by atoms with Gasteiger partial charge in [0.05, 0.1) is 6.26 Å². The first-order valence-electron chi connectivity index (χ1n) is 1.83. The lowest BCUT2D eigenvalue weighted by Crippen LogP contribution is -1.77. The molecule has 0 amide bonds. The second-order valence-electron chi connectivity index (χ2n) is 1.07. The van der Waals surface area contributed by atoms with E-state index in [4.69, 9.17) is 4.42 Å². The molecular weight excluding hydrogens is 222 g/mol. The minimum Gasteiger partial charge on any atom is -0.464 e. The molecule has 1 aromatic heterocycles. The van der Waals surface area contributed by atoms with Crippen molar-refractivity contribution in [1.29, 1.82) is 0 Å². The number of halogens is 1. The Morgan fingerprint density at radius 2 is 2.57 bits per heavy atom. The average molecular weight is 226 g/mol. The summed E-state index contributed by atoms with van der Waals surface area (Å²) in [6.45, 7) is 0. The first-order chi connectivity index (χ1) is 3.43. The highest BCUT2D eigenvalue weighted by atomic mass is 127. The van der Waals surface area contributed by atoms with Gasteiger partial charge >= 0.3 is 0 Å². The number of rotatable bonds is 1.